The van der Waals surface area contributed by atoms with Gasteiger partial charge >= 0.3 is 0 Å². The Morgan fingerprint density at radius 1 is 1.10 bits per heavy atom. The molecule has 2 rings (SSSR count). The fourth-order valence-electron chi connectivity index (χ4n) is 2.37. The predicted molar refractivity (Wildman–Crippen MR) is 124 cm³/mol. The van der Waals surface area contributed by atoms with Crippen LogP contribution in [0.1, 0.15) is 17.3 Å². The van der Waals surface area contributed by atoms with Gasteiger partial charge in [-0.15, -0.1) is 6.58 Å². The van der Waals surface area contributed by atoms with Crippen LogP contribution in [0.4, 0.5) is 5.69 Å². The first kappa shape index (κ1) is 24.5. The van der Waals surface area contributed by atoms with Gasteiger partial charge in [-0.25, -0.2) is 13.1 Å². The van der Waals surface area contributed by atoms with Gasteiger partial charge in [0.25, 0.3) is 5.91 Å². The minimum atomic E-state index is -3.60. The fourth-order valence-corrected chi connectivity index (χ4v) is 3.58. The van der Waals surface area contributed by atoms with Crippen molar-refractivity contribution in [3.63, 3.8) is 0 Å². The summed E-state index contributed by atoms with van der Waals surface area (Å²) in [7, 11) is -3.60. The second-order valence-corrected chi connectivity index (χ2v) is 8.32. The van der Waals surface area contributed by atoms with Crippen molar-refractivity contribution in [3.8, 4) is 5.75 Å². The third kappa shape index (κ3) is 8.10. The number of benzene rings is 2. The van der Waals surface area contributed by atoms with E-state index in [0.717, 1.165) is 0 Å². The Hall–Kier alpha value is -2.79. The molecule has 0 aliphatic heterocycles. The maximum absolute atomic E-state index is 12.3. The van der Waals surface area contributed by atoms with Crippen molar-refractivity contribution >= 4 is 38.9 Å². The van der Waals surface area contributed by atoms with E-state index in [2.05, 4.69) is 21.9 Å². The fraction of sp³-hybridized carbons (Fsp3) is 0.238. The third-order valence-corrected chi connectivity index (χ3v) is 5.53. The topological polar surface area (TPSA) is 106 Å². The smallest absolute Gasteiger partial charge is 0.257 e. The van der Waals surface area contributed by atoms with Crippen molar-refractivity contribution in [2.75, 3.05) is 31.7 Å². The average molecular weight is 464 g/mol. The van der Waals surface area contributed by atoms with Crippen molar-refractivity contribution in [2.24, 2.45) is 0 Å². The maximum Gasteiger partial charge on any atom is 0.257 e. The van der Waals surface area contributed by atoms with Gasteiger partial charge in [-0.3, -0.25) is 10.1 Å². The summed E-state index contributed by atoms with van der Waals surface area (Å²) in [6.07, 6.45) is 1.46. The summed E-state index contributed by atoms with van der Waals surface area (Å²) in [6.45, 7) is 7.08. The van der Waals surface area contributed by atoms with E-state index >= 15 is 0 Å². The molecule has 0 fully saturated rings. The molecule has 0 saturated carbocycles. The standard InChI is InChI=1S/C21H25N3O5S2/c1-3-13-22-31(26,27)19-11-7-17(8-12-19)23-21(30)24-20(25)16-5-9-18(10-6-16)29-15-14-28-4-2/h3,5-12,22H,1,4,13-15H2,2H3,(H2,23,24,25,30). The van der Waals surface area contributed by atoms with Crippen LogP contribution in [-0.2, 0) is 14.8 Å². The van der Waals surface area contributed by atoms with Crippen molar-refractivity contribution in [3.05, 3.63) is 66.7 Å². The summed E-state index contributed by atoms with van der Waals surface area (Å²) in [6, 6.07) is 12.6. The highest BCUT2D eigenvalue weighted by atomic mass is 32.2. The van der Waals surface area contributed by atoms with E-state index in [1.54, 1.807) is 36.4 Å². The lowest BCUT2D eigenvalue weighted by molar-refractivity contribution is 0.0977. The molecule has 0 unspecified atom stereocenters. The minimum Gasteiger partial charge on any atom is -0.491 e. The lowest BCUT2D eigenvalue weighted by Crippen LogP contribution is -2.34. The molecule has 31 heavy (non-hydrogen) atoms. The molecule has 10 heteroatoms. The van der Waals surface area contributed by atoms with Crippen LogP contribution < -0.4 is 20.1 Å². The zero-order chi connectivity index (χ0) is 22.7. The molecule has 0 aliphatic rings. The number of carbonyl (C=O) groups excluding carboxylic acids is 1. The van der Waals surface area contributed by atoms with E-state index in [9.17, 15) is 13.2 Å². The van der Waals surface area contributed by atoms with Crippen molar-refractivity contribution in [1.29, 1.82) is 0 Å². The molecule has 0 aromatic heterocycles. The van der Waals surface area contributed by atoms with Gasteiger partial charge in [0.2, 0.25) is 10.0 Å². The van der Waals surface area contributed by atoms with Crippen LogP contribution >= 0.6 is 12.2 Å². The Kier molecular flexibility index (Phi) is 9.60. The first-order valence-corrected chi connectivity index (χ1v) is 11.4. The molecule has 0 spiro atoms. The Balaban J connectivity index is 1.87. The molecule has 3 N–H and O–H groups in total. The lowest BCUT2D eigenvalue weighted by Gasteiger charge is -2.11. The van der Waals surface area contributed by atoms with Crippen LogP contribution in [0.2, 0.25) is 0 Å². The molecule has 0 atom stereocenters. The Morgan fingerprint density at radius 3 is 2.39 bits per heavy atom. The highest BCUT2D eigenvalue weighted by Crippen LogP contribution is 2.15. The first-order chi connectivity index (χ1) is 14.9. The van der Waals surface area contributed by atoms with Gasteiger partial charge < -0.3 is 14.8 Å². The first-order valence-electron chi connectivity index (χ1n) is 9.49. The van der Waals surface area contributed by atoms with E-state index in [-0.39, 0.29) is 22.5 Å². The summed E-state index contributed by atoms with van der Waals surface area (Å²) in [5.74, 6) is 0.251. The second-order valence-electron chi connectivity index (χ2n) is 6.14. The number of anilines is 1. The number of ether oxygens (including phenoxy) is 2. The normalized spacial score (nSPS) is 10.9. The van der Waals surface area contributed by atoms with E-state index in [1.165, 1.54) is 18.2 Å². The number of sulfonamides is 1. The number of thiocarbonyl (C=S) groups is 1. The molecular weight excluding hydrogens is 438 g/mol. The quantitative estimate of drug-likeness (QED) is 0.267. The lowest BCUT2D eigenvalue weighted by atomic mass is 10.2. The molecule has 0 saturated heterocycles. The molecule has 0 heterocycles. The van der Waals surface area contributed by atoms with Gasteiger partial charge in [-0.2, -0.15) is 0 Å². The van der Waals surface area contributed by atoms with Crippen LogP contribution in [-0.4, -0.2) is 45.8 Å². The van der Waals surface area contributed by atoms with Crippen molar-refractivity contribution in [2.45, 2.75) is 11.8 Å². The number of hydrogen-bond acceptors (Lipinski definition) is 6. The molecule has 1 amide bonds. The van der Waals surface area contributed by atoms with Gasteiger partial charge in [0, 0.05) is 24.4 Å². The van der Waals surface area contributed by atoms with Crippen molar-refractivity contribution in [1.82, 2.24) is 10.0 Å². The monoisotopic (exact) mass is 463 g/mol. The van der Waals surface area contributed by atoms with Crippen LogP contribution in [0.5, 0.6) is 5.75 Å². The summed E-state index contributed by atoms with van der Waals surface area (Å²) in [5.41, 5.74) is 0.946. The summed E-state index contributed by atoms with van der Waals surface area (Å²) < 4.78 is 37.2. The van der Waals surface area contributed by atoms with Gasteiger partial charge in [0.15, 0.2) is 5.11 Å². The molecule has 2 aromatic carbocycles. The van der Waals surface area contributed by atoms with E-state index < -0.39 is 10.0 Å². The summed E-state index contributed by atoms with van der Waals surface area (Å²) >= 11 is 5.16. The Morgan fingerprint density at radius 2 is 1.77 bits per heavy atom. The van der Waals surface area contributed by atoms with Gasteiger partial charge in [0.05, 0.1) is 11.5 Å². The Labute approximate surface area is 187 Å². The van der Waals surface area contributed by atoms with E-state index in [1.807, 2.05) is 6.92 Å². The van der Waals surface area contributed by atoms with Gasteiger partial charge in [-0.05, 0) is 67.7 Å². The number of amides is 1. The molecule has 8 nitrogen and oxygen atoms in total. The second kappa shape index (κ2) is 12.2. The van der Waals surface area contributed by atoms with E-state index in [4.69, 9.17) is 21.7 Å². The molecule has 0 aliphatic carbocycles. The number of hydrogen-bond donors (Lipinski definition) is 3. The Bertz CT molecular complexity index is 991. The molecular formula is C21H25N3O5S2. The minimum absolute atomic E-state index is 0.0856. The molecule has 0 radical (unpaired) electrons. The molecule has 2 aromatic rings. The van der Waals surface area contributed by atoms with Crippen LogP contribution in [0.3, 0.4) is 0 Å². The van der Waals surface area contributed by atoms with Crippen LogP contribution in [0.25, 0.3) is 0 Å². The molecule has 0 bridgehead atoms. The number of carbonyl (C=O) groups is 1. The number of rotatable bonds is 11. The SMILES string of the molecule is C=CCNS(=O)(=O)c1ccc(NC(=S)NC(=O)c2ccc(OCCOCC)cc2)cc1. The third-order valence-electron chi connectivity index (χ3n) is 3.88. The maximum atomic E-state index is 12.3. The summed E-state index contributed by atoms with van der Waals surface area (Å²) in [4.78, 5) is 12.5. The number of nitrogens with one attached hydrogen (secondary N) is 3. The summed E-state index contributed by atoms with van der Waals surface area (Å²) in [5, 5.41) is 5.51. The van der Waals surface area contributed by atoms with Crippen LogP contribution in [0, 0.1) is 0 Å². The van der Waals surface area contributed by atoms with E-state index in [0.29, 0.717) is 36.8 Å². The highest BCUT2D eigenvalue weighted by Gasteiger charge is 2.13. The van der Waals surface area contributed by atoms with Crippen molar-refractivity contribution < 1.29 is 22.7 Å². The zero-order valence-electron chi connectivity index (χ0n) is 17.1. The largest absolute Gasteiger partial charge is 0.491 e. The van der Waals surface area contributed by atoms with Crippen LogP contribution in [0.15, 0.2) is 66.1 Å². The average Bonchev–Trinajstić information content (AvgIpc) is 2.76. The predicted octanol–water partition coefficient (Wildman–Crippen LogP) is 2.69. The van der Waals surface area contributed by atoms with Gasteiger partial charge in [0.1, 0.15) is 12.4 Å². The highest BCUT2D eigenvalue weighted by molar-refractivity contribution is 7.89. The zero-order valence-corrected chi connectivity index (χ0v) is 18.7. The molecule has 166 valence electrons. The van der Waals surface area contributed by atoms with Gasteiger partial charge in [-0.1, -0.05) is 6.08 Å².